The van der Waals surface area contributed by atoms with Crippen molar-refractivity contribution in [3.63, 3.8) is 0 Å². The first-order chi connectivity index (χ1) is 12.9. The van der Waals surface area contributed by atoms with Gasteiger partial charge in [-0.05, 0) is 30.9 Å². The number of imide groups is 1. The maximum absolute atomic E-state index is 13.0. The Morgan fingerprint density at radius 3 is 2.74 bits per heavy atom. The minimum Gasteiger partial charge on any atom is -0.323 e. The van der Waals surface area contributed by atoms with E-state index >= 15 is 0 Å². The van der Waals surface area contributed by atoms with E-state index in [0.29, 0.717) is 18.7 Å². The number of urea groups is 1. The lowest BCUT2D eigenvalue weighted by Crippen LogP contribution is -2.51. The largest absolute Gasteiger partial charge is 0.325 e. The summed E-state index contributed by atoms with van der Waals surface area (Å²) in [5, 5.41) is 9.69. The van der Waals surface area contributed by atoms with Gasteiger partial charge in [-0.2, -0.15) is 5.10 Å². The van der Waals surface area contributed by atoms with Crippen LogP contribution in [0, 0.1) is 6.92 Å². The van der Waals surface area contributed by atoms with Crippen LogP contribution >= 0.6 is 0 Å². The zero-order valence-corrected chi connectivity index (χ0v) is 15.3. The van der Waals surface area contributed by atoms with Gasteiger partial charge in [0.15, 0.2) is 0 Å². The zero-order valence-electron chi connectivity index (χ0n) is 15.3. The van der Waals surface area contributed by atoms with E-state index < -0.39 is 17.5 Å². The van der Waals surface area contributed by atoms with E-state index in [9.17, 15) is 14.4 Å². The second-order valence-corrected chi connectivity index (χ2v) is 7.19. The standard InChI is InChI=1S/C19H21N5O3/c1-12-9-15(23(2)22-12)20-16(25)11-24-17(26)19(21-18(24)27)8-7-13-5-3-4-6-14(13)10-19/h3-6,9H,7-8,10-11H2,1-2H3,(H,20,25)(H,21,27). The van der Waals surface area contributed by atoms with Crippen molar-refractivity contribution in [2.45, 2.75) is 31.7 Å². The lowest BCUT2D eigenvalue weighted by molar-refractivity contribution is -0.134. The maximum atomic E-state index is 13.0. The van der Waals surface area contributed by atoms with Gasteiger partial charge >= 0.3 is 6.03 Å². The maximum Gasteiger partial charge on any atom is 0.325 e. The van der Waals surface area contributed by atoms with Gasteiger partial charge in [0, 0.05) is 19.5 Å². The van der Waals surface area contributed by atoms with Crippen LogP contribution in [0.1, 0.15) is 23.2 Å². The van der Waals surface area contributed by atoms with Crippen molar-refractivity contribution in [2.24, 2.45) is 7.05 Å². The highest BCUT2D eigenvalue weighted by Gasteiger charge is 2.52. The van der Waals surface area contributed by atoms with E-state index in [4.69, 9.17) is 0 Å². The van der Waals surface area contributed by atoms with Crippen LogP contribution in [-0.2, 0) is 29.5 Å². The van der Waals surface area contributed by atoms with Gasteiger partial charge in [0.05, 0.1) is 5.69 Å². The average molecular weight is 367 g/mol. The Balaban J connectivity index is 1.49. The summed E-state index contributed by atoms with van der Waals surface area (Å²) in [6, 6.07) is 9.14. The van der Waals surface area contributed by atoms with Gasteiger partial charge in [-0.15, -0.1) is 0 Å². The number of anilines is 1. The van der Waals surface area contributed by atoms with Crippen LogP contribution in [0.15, 0.2) is 30.3 Å². The molecule has 2 heterocycles. The number of hydrogen-bond acceptors (Lipinski definition) is 4. The predicted molar refractivity (Wildman–Crippen MR) is 98.0 cm³/mol. The van der Waals surface area contributed by atoms with Crippen molar-refractivity contribution < 1.29 is 14.4 Å². The van der Waals surface area contributed by atoms with Crippen LogP contribution in [0.2, 0.25) is 0 Å². The fraction of sp³-hybridized carbons (Fsp3) is 0.368. The third-order valence-electron chi connectivity index (χ3n) is 5.25. The first-order valence-electron chi connectivity index (χ1n) is 8.89. The summed E-state index contributed by atoms with van der Waals surface area (Å²) in [4.78, 5) is 38.8. The summed E-state index contributed by atoms with van der Waals surface area (Å²) in [6.45, 7) is 1.50. The Kier molecular flexibility index (Phi) is 3.98. The first-order valence-corrected chi connectivity index (χ1v) is 8.89. The summed E-state index contributed by atoms with van der Waals surface area (Å²) < 4.78 is 1.54. The van der Waals surface area contributed by atoms with E-state index in [1.165, 1.54) is 5.56 Å². The SMILES string of the molecule is Cc1cc(NC(=O)CN2C(=O)NC3(CCc4ccccc4C3)C2=O)n(C)n1. The molecule has 1 atom stereocenters. The molecule has 2 aliphatic rings. The molecule has 2 aromatic rings. The Morgan fingerprint density at radius 2 is 2.04 bits per heavy atom. The van der Waals surface area contributed by atoms with Crippen LogP contribution in [0.25, 0.3) is 0 Å². The van der Waals surface area contributed by atoms with E-state index in [0.717, 1.165) is 22.6 Å². The molecular weight excluding hydrogens is 346 g/mol. The zero-order chi connectivity index (χ0) is 19.2. The number of amides is 4. The smallest absolute Gasteiger partial charge is 0.323 e. The minimum atomic E-state index is -0.950. The minimum absolute atomic E-state index is 0.321. The van der Waals surface area contributed by atoms with Gasteiger partial charge < -0.3 is 10.6 Å². The summed E-state index contributed by atoms with van der Waals surface area (Å²) in [5.74, 6) is -0.251. The number of aromatic nitrogens is 2. The molecule has 27 heavy (non-hydrogen) atoms. The van der Waals surface area contributed by atoms with Crippen molar-refractivity contribution >= 4 is 23.7 Å². The highest BCUT2D eigenvalue weighted by molar-refractivity contribution is 6.10. The number of carbonyl (C=O) groups is 3. The molecule has 140 valence electrons. The number of fused-ring (bicyclic) bond motifs is 1. The quantitative estimate of drug-likeness (QED) is 0.796. The molecular formula is C19H21N5O3. The molecule has 1 aromatic carbocycles. The van der Waals surface area contributed by atoms with Crippen LogP contribution in [0.4, 0.5) is 10.6 Å². The number of rotatable bonds is 3. The molecule has 4 rings (SSSR count). The van der Waals surface area contributed by atoms with Crippen molar-refractivity contribution in [3.05, 3.63) is 47.2 Å². The third-order valence-corrected chi connectivity index (χ3v) is 5.25. The molecule has 1 aliphatic heterocycles. The highest BCUT2D eigenvalue weighted by Crippen LogP contribution is 2.33. The summed E-state index contributed by atoms with van der Waals surface area (Å²) in [5.41, 5.74) is 2.08. The van der Waals surface area contributed by atoms with E-state index in [2.05, 4.69) is 15.7 Å². The lowest BCUT2D eigenvalue weighted by Gasteiger charge is -2.32. The Hall–Kier alpha value is -3.16. The molecule has 1 fully saturated rings. The van der Waals surface area contributed by atoms with Crippen molar-refractivity contribution in [1.82, 2.24) is 20.0 Å². The monoisotopic (exact) mass is 367 g/mol. The van der Waals surface area contributed by atoms with E-state index in [1.807, 2.05) is 31.2 Å². The molecule has 8 heteroatoms. The fourth-order valence-corrected chi connectivity index (χ4v) is 3.90. The van der Waals surface area contributed by atoms with Gasteiger partial charge in [-0.3, -0.25) is 19.2 Å². The van der Waals surface area contributed by atoms with Crippen molar-refractivity contribution in [3.8, 4) is 0 Å². The van der Waals surface area contributed by atoms with E-state index in [1.54, 1.807) is 17.8 Å². The number of aryl methyl sites for hydroxylation is 3. The molecule has 0 saturated carbocycles. The Labute approximate surface area is 156 Å². The van der Waals surface area contributed by atoms with E-state index in [-0.39, 0.29) is 12.5 Å². The molecule has 4 amide bonds. The normalized spacial score (nSPS) is 21.3. The molecule has 2 N–H and O–H groups in total. The van der Waals surface area contributed by atoms with Crippen LogP contribution < -0.4 is 10.6 Å². The van der Waals surface area contributed by atoms with Crippen LogP contribution in [0.5, 0.6) is 0 Å². The lowest BCUT2D eigenvalue weighted by atomic mass is 9.78. The topological polar surface area (TPSA) is 96.3 Å². The van der Waals surface area contributed by atoms with Crippen molar-refractivity contribution in [1.29, 1.82) is 0 Å². The fourth-order valence-electron chi connectivity index (χ4n) is 3.90. The molecule has 1 unspecified atom stereocenters. The molecule has 1 saturated heterocycles. The Morgan fingerprint density at radius 1 is 1.30 bits per heavy atom. The average Bonchev–Trinajstić information content (AvgIpc) is 3.05. The molecule has 1 aromatic heterocycles. The van der Waals surface area contributed by atoms with Gasteiger partial charge in [-0.1, -0.05) is 24.3 Å². The summed E-state index contributed by atoms with van der Waals surface area (Å²) in [6.07, 6.45) is 1.71. The highest BCUT2D eigenvalue weighted by atomic mass is 16.2. The van der Waals surface area contributed by atoms with Gasteiger partial charge in [0.25, 0.3) is 5.91 Å². The van der Waals surface area contributed by atoms with Crippen LogP contribution in [0.3, 0.4) is 0 Å². The number of nitrogens with zero attached hydrogens (tertiary/aromatic N) is 3. The van der Waals surface area contributed by atoms with Gasteiger partial charge in [-0.25, -0.2) is 4.79 Å². The van der Waals surface area contributed by atoms with Gasteiger partial charge in [0.2, 0.25) is 5.91 Å². The number of benzene rings is 1. The molecule has 0 radical (unpaired) electrons. The predicted octanol–water partition coefficient (Wildman–Crippen LogP) is 1.15. The molecule has 0 bridgehead atoms. The molecule has 8 nitrogen and oxygen atoms in total. The van der Waals surface area contributed by atoms with Crippen molar-refractivity contribution in [2.75, 3.05) is 11.9 Å². The van der Waals surface area contributed by atoms with Gasteiger partial charge in [0.1, 0.15) is 17.9 Å². The third kappa shape index (κ3) is 2.97. The number of nitrogens with one attached hydrogen (secondary N) is 2. The van der Waals surface area contributed by atoms with Crippen LogP contribution in [-0.4, -0.2) is 44.6 Å². The number of hydrogen-bond donors (Lipinski definition) is 2. The Bertz CT molecular complexity index is 951. The molecule has 1 spiro atoms. The summed E-state index contributed by atoms with van der Waals surface area (Å²) in [7, 11) is 1.71. The summed E-state index contributed by atoms with van der Waals surface area (Å²) >= 11 is 0. The first kappa shape index (κ1) is 17.3. The second-order valence-electron chi connectivity index (χ2n) is 7.19. The second kappa shape index (κ2) is 6.22. The number of carbonyl (C=O) groups excluding carboxylic acids is 3. The molecule has 1 aliphatic carbocycles.